The Hall–Kier alpha value is -2.73. The van der Waals surface area contributed by atoms with Crippen LogP contribution < -0.4 is 5.32 Å². The molecule has 1 saturated carbocycles. The number of Topliss-reactive ketones (excluding diaryl/α,β-unsaturated/α-hetero) is 1. The van der Waals surface area contributed by atoms with Gasteiger partial charge in [-0.3, -0.25) is 9.69 Å². The minimum absolute atomic E-state index is 0.00373. The van der Waals surface area contributed by atoms with E-state index < -0.39 is 0 Å². The predicted molar refractivity (Wildman–Crippen MR) is 110 cm³/mol. The number of nitrogens with one attached hydrogen (secondary N) is 1. The highest BCUT2D eigenvalue weighted by molar-refractivity contribution is 6.12. The molecule has 3 aliphatic rings. The second-order valence-corrected chi connectivity index (χ2v) is 9.04. The van der Waals surface area contributed by atoms with Crippen LogP contribution in [0, 0.1) is 12.8 Å². The first kappa shape index (κ1) is 17.2. The second-order valence-electron chi connectivity index (χ2n) is 9.04. The van der Waals surface area contributed by atoms with E-state index in [1.54, 1.807) is 0 Å². The van der Waals surface area contributed by atoms with Crippen molar-refractivity contribution in [1.29, 1.82) is 0 Å². The van der Waals surface area contributed by atoms with Crippen molar-refractivity contribution >= 4 is 22.7 Å². The third-order valence-electron chi connectivity index (χ3n) is 6.86. The number of aromatic nitrogens is 2. The molecule has 2 unspecified atom stereocenters. The van der Waals surface area contributed by atoms with Gasteiger partial charge < -0.3 is 9.73 Å². The molecule has 0 amide bonds. The molecule has 4 atom stereocenters. The fourth-order valence-electron chi connectivity index (χ4n) is 4.96. The fourth-order valence-corrected chi connectivity index (χ4v) is 4.96. The molecule has 6 nitrogen and oxygen atoms in total. The summed E-state index contributed by atoms with van der Waals surface area (Å²) in [5, 5.41) is 4.26. The van der Waals surface area contributed by atoms with Gasteiger partial charge in [0, 0.05) is 24.0 Å². The summed E-state index contributed by atoms with van der Waals surface area (Å²) >= 11 is 0. The molecule has 2 aliphatic heterocycles. The zero-order valence-corrected chi connectivity index (χ0v) is 16.7. The molecule has 6 heteroatoms. The number of hydrogen-bond donors (Lipinski definition) is 1. The van der Waals surface area contributed by atoms with Gasteiger partial charge in [-0.1, -0.05) is 30.3 Å². The number of carbonyl (C=O) groups excluding carboxylic acids is 1. The van der Waals surface area contributed by atoms with Crippen LogP contribution in [0.5, 0.6) is 0 Å². The number of hydrogen-bond acceptors (Lipinski definition) is 6. The summed E-state index contributed by atoms with van der Waals surface area (Å²) in [6.07, 6.45) is 4.63. The highest BCUT2D eigenvalue weighted by Crippen LogP contribution is 2.52. The van der Waals surface area contributed by atoms with Gasteiger partial charge in [-0.05, 0) is 38.7 Å². The van der Waals surface area contributed by atoms with Crippen molar-refractivity contribution in [3.63, 3.8) is 0 Å². The Kier molecular flexibility index (Phi) is 3.48. The van der Waals surface area contributed by atoms with Crippen molar-refractivity contribution in [1.82, 2.24) is 14.9 Å². The molecule has 148 valence electrons. The molecule has 3 fully saturated rings. The lowest BCUT2D eigenvalue weighted by Crippen LogP contribution is -2.21. The number of rotatable bonds is 5. The quantitative estimate of drug-likeness (QED) is 0.524. The molecule has 0 bridgehead atoms. The molecule has 2 saturated heterocycles. The van der Waals surface area contributed by atoms with Gasteiger partial charge >= 0.3 is 0 Å². The number of benzene rings is 1. The molecule has 1 N–H and O–H groups in total. The summed E-state index contributed by atoms with van der Waals surface area (Å²) in [6.45, 7) is 4.85. The summed E-state index contributed by atoms with van der Waals surface area (Å²) in [5.74, 6) is 1.54. The molecule has 2 aromatic heterocycles. The van der Waals surface area contributed by atoms with E-state index in [2.05, 4.69) is 51.4 Å². The molecule has 1 aromatic carbocycles. The average Bonchev–Trinajstić information content (AvgIpc) is 3.51. The molecule has 0 spiro atoms. The number of piperidine rings is 1. The van der Waals surface area contributed by atoms with Gasteiger partial charge in [0.15, 0.2) is 5.78 Å². The number of ketones is 1. The molecule has 29 heavy (non-hydrogen) atoms. The van der Waals surface area contributed by atoms with E-state index in [0.29, 0.717) is 29.1 Å². The van der Waals surface area contributed by atoms with Gasteiger partial charge in [0.2, 0.25) is 5.71 Å². The van der Waals surface area contributed by atoms with Gasteiger partial charge in [0.05, 0.1) is 17.0 Å². The Bertz CT molecular complexity index is 1110. The minimum atomic E-state index is 0.00373. The van der Waals surface area contributed by atoms with E-state index in [1.807, 2.05) is 13.0 Å². The highest BCUT2D eigenvalue weighted by Gasteiger charge is 2.56. The van der Waals surface area contributed by atoms with E-state index >= 15 is 0 Å². The summed E-state index contributed by atoms with van der Waals surface area (Å²) in [5.41, 5.74) is 2.58. The number of fused-ring (bicyclic) bond motifs is 2. The van der Waals surface area contributed by atoms with Crippen LogP contribution in [0.25, 0.3) is 11.1 Å². The predicted octanol–water partition coefficient (Wildman–Crippen LogP) is 4.12. The molecular formula is C23H24N4O2. The molecule has 6 rings (SSSR count). The Morgan fingerprint density at radius 1 is 1.24 bits per heavy atom. The number of nitrogens with zero attached hydrogens (tertiary/aromatic N) is 3. The van der Waals surface area contributed by atoms with Gasteiger partial charge in [0.1, 0.15) is 17.9 Å². The second kappa shape index (κ2) is 5.89. The monoisotopic (exact) mass is 388 g/mol. The highest BCUT2D eigenvalue weighted by atomic mass is 16.3. The lowest BCUT2D eigenvalue weighted by atomic mass is 9.91. The molecule has 3 aromatic rings. The number of anilines is 1. The maximum atomic E-state index is 13.5. The lowest BCUT2D eigenvalue weighted by Gasteiger charge is -2.15. The van der Waals surface area contributed by atoms with Crippen LogP contribution in [0.15, 0.2) is 41.1 Å². The van der Waals surface area contributed by atoms with E-state index in [9.17, 15) is 4.79 Å². The first-order valence-electron chi connectivity index (χ1n) is 10.4. The van der Waals surface area contributed by atoms with Crippen molar-refractivity contribution in [3.8, 4) is 0 Å². The Morgan fingerprint density at radius 3 is 2.72 bits per heavy atom. The summed E-state index contributed by atoms with van der Waals surface area (Å²) in [6, 6.07) is 11.5. The van der Waals surface area contributed by atoms with Crippen LogP contribution in [0.4, 0.5) is 5.82 Å². The van der Waals surface area contributed by atoms with Crippen molar-refractivity contribution < 1.29 is 9.21 Å². The third kappa shape index (κ3) is 2.69. The summed E-state index contributed by atoms with van der Waals surface area (Å²) < 4.78 is 5.86. The summed E-state index contributed by atoms with van der Waals surface area (Å²) in [7, 11) is 0. The van der Waals surface area contributed by atoms with Crippen LogP contribution >= 0.6 is 0 Å². The van der Waals surface area contributed by atoms with E-state index in [-0.39, 0.29) is 17.2 Å². The van der Waals surface area contributed by atoms with Gasteiger partial charge in [0.25, 0.3) is 0 Å². The van der Waals surface area contributed by atoms with E-state index in [1.165, 1.54) is 11.9 Å². The standard InChI is InChI=1S/C23H24N4O2/c1-13-17(18-21(26-23(2)8-9-23)24-12-25-22(18)29-13)20(28)15-10-16-19(27(16)11-15)14-6-4-3-5-7-14/h3-7,12,15-16,19H,8-11H2,1-2H3,(H,24,25,26)/t15?,16-,19-,27?/m0/s1. The maximum absolute atomic E-state index is 13.5. The Morgan fingerprint density at radius 2 is 2.03 bits per heavy atom. The van der Waals surface area contributed by atoms with Crippen LogP contribution in [-0.4, -0.2) is 38.8 Å². The topological polar surface area (TPSA) is 71.0 Å². The first-order chi connectivity index (χ1) is 14.0. The average molecular weight is 388 g/mol. The number of aryl methyl sites for hydroxylation is 1. The van der Waals surface area contributed by atoms with Crippen LogP contribution in [0.1, 0.15) is 53.9 Å². The van der Waals surface area contributed by atoms with Gasteiger partial charge in [-0.15, -0.1) is 0 Å². The van der Waals surface area contributed by atoms with E-state index in [4.69, 9.17) is 4.42 Å². The summed E-state index contributed by atoms with van der Waals surface area (Å²) in [4.78, 5) is 24.7. The lowest BCUT2D eigenvalue weighted by molar-refractivity contribution is 0.0918. The SMILES string of the molecule is Cc1oc2ncnc(NC3(C)CC3)c2c1C(=O)C1C[C@H]2[C@H](c3ccccc3)N2C1. The number of furan rings is 1. The maximum Gasteiger partial charge on any atom is 0.232 e. The minimum Gasteiger partial charge on any atom is -0.442 e. The van der Waals surface area contributed by atoms with Crippen LogP contribution in [0.3, 0.4) is 0 Å². The van der Waals surface area contributed by atoms with Crippen molar-refractivity contribution in [2.24, 2.45) is 5.92 Å². The van der Waals surface area contributed by atoms with Crippen molar-refractivity contribution in [2.75, 3.05) is 11.9 Å². The molecular weight excluding hydrogens is 364 g/mol. The van der Waals surface area contributed by atoms with Crippen molar-refractivity contribution in [2.45, 2.75) is 50.7 Å². The van der Waals surface area contributed by atoms with Gasteiger partial charge in [-0.2, -0.15) is 0 Å². The Balaban J connectivity index is 1.28. The zero-order valence-electron chi connectivity index (χ0n) is 16.7. The molecule has 4 heterocycles. The van der Waals surface area contributed by atoms with Crippen LogP contribution in [-0.2, 0) is 0 Å². The number of carbonyl (C=O) groups is 1. The van der Waals surface area contributed by atoms with Gasteiger partial charge in [-0.25, -0.2) is 9.97 Å². The zero-order chi connectivity index (χ0) is 19.8. The molecule has 0 radical (unpaired) electrons. The Labute approximate surface area is 169 Å². The van der Waals surface area contributed by atoms with E-state index in [0.717, 1.165) is 37.0 Å². The first-order valence-corrected chi connectivity index (χ1v) is 10.4. The largest absolute Gasteiger partial charge is 0.442 e. The normalized spacial score (nSPS) is 28.9. The van der Waals surface area contributed by atoms with Crippen molar-refractivity contribution in [3.05, 3.63) is 53.5 Å². The molecule has 1 aliphatic carbocycles. The fraction of sp³-hybridized carbons (Fsp3) is 0.435. The van der Waals surface area contributed by atoms with Crippen LogP contribution in [0.2, 0.25) is 0 Å². The third-order valence-corrected chi connectivity index (χ3v) is 6.86. The smallest absolute Gasteiger partial charge is 0.232 e.